The number of carbonyl (C=O) groups is 1. The van der Waals surface area contributed by atoms with Crippen molar-refractivity contribution in [2.45, 2.75) is 70.4 Å². The number of esters is 1. The third-order valence-corrected chi connectivity index (χ3v) is 4.21. The molecule has 0 bridgehead atoms. The summed E-state index contributed by atoms with van der Waals surface area (Å²) in [7, 11) is 1.43. The Hall–Kier alpha value is -0.610. The van der Waals surface area contributed by atoms with Crippen LogP contribution in [0, 0.1) is 5.92 Å². The maximum absolute atomic E-state index is 11.9. The molecule has 2 N–H and O–H groups in total. The van der Waals surface area contributed by atoms with Gasteiger partial charge in [-0.15, -0.1) is 0 Å². The molecule has 0 saturated heterocycles. The Bertz CT molecular complexity index is 283. The van der Waals surface area contributed by atoms with E-state index in [1.54, 1.807) is 0 Å². The van der Waals surface area contributed by atoms with E-state index >= 15 is 0 Å². The Balaban J connectivity index is 2.70. The van der Waals surface area contributed by atoms with Crippen molar-refractivity contribution < 1.29 is 14.6 Å². The average Bonchev–Trinajstić information content (AvgIpc) is 2.42. The van der Waals surface area contributed by atoms with Gasteiger partial charge in [0.25, 0.3) is 0 Å². The summed E-state index contributed by atoms with van der Waals surface area (Å²) in [5.74, 6) is 0.386. The lowest BCUT2D eigenvalue weighted by atomic mass is 9.76. The highest BCUT2D eigenvalue weighted by Crippen LogP contribution is 2.32. The molecule has 1 aliphatic rings. The number of hydrogen-bond acceptors (Lipinski definition) is 4. The van der Waals surface area contributed by atoms with Crippen molar-refractivity contribution in [1.29, 1.82) is 0 Å². The van der Waals surface area contributed by atoms with Gasteiger partial charge < -0.3 is 9.84 Å². The summed E-state index contributed by atoms with van der Waals surface area (Å²) in [5, 5.41) is 13.2. The zero-order chi connectivity index (χ0) is 14.3. The van der Waals surface area contributed by atoms with Crippen LogP contribution in [0.3, 0.4) is 0 Å². The first-order chi connectivity index (χ1) is 9.06. The van der Waals surface area contributed by atoms with Gasteiger partial charge in [-0.05, 0) is 25.2 Å². The van der Waals surface area contributed by atoms with Crippen molar-refractivity contribution in [3.05, 3.63) is 0 Å². The molecule has 112 valence electrons. The summed E-state index contributed by atoms with van der Waals surface area (Å²) in [6, 6.07) is -0.289. The molecule has 1 saturated carbocycles. The highest BCUT2D eigenvalue weighted by molar-refractivity contribution is 5.75. The Kier molecular flexibility index (Phi) is 6.80. The Morgan fingerprint density at radius 1 is 1.58 bits per heavy atom. The van der Waals surface area contributed by atoms with Crippen LogP contribution in [0.1, 0.15) is 58.8 Å². The van der Waals surface area contributed by atoms with Gasteiger partial charge in [-0.25, -0.2) is 0 Å². The molecule has 0 spiro atoms. The smallest absolute Gasteiger partial charge is 0.322 e. The zero-order valence-electron chi connectivity index (χ0n) is 12.6. The molecule has 0 radical (unpaired) electrons. The lowest BCUT2D eigenvalue weighted by Gasteiger charge is -2.41. The van der Waals surface area contributed by atoms with Crippen molar-refractivity contribution in [3.8, 4) is 0 Å². The molecule has 0 amide bonds. The third kappa shape index (κ3) is 4.77. The number of carbonyl (C=O) groups excluding carboxylic acids is 1. The SMILES string of the molecule is CCCCC(NC1(CO)CCCC(C)C1)C(=O)OC. The summed E-state index contributed by atoms with van der Waals surface area (Å²) in [6.45, 7) is 4.42. The fourth-order valence-corrected chi connectivity index (χ4v) is 3.15. The number of methoxy groups -OCH3 is 1. The maximum Gasteiger partial charge on any atom is 0.322 e. The van der Waals surface area contributed by atoms with Crippen LogP contribution in [0.5, 0.6) is 0 Å². The lowest BCUT2D eigenvalue weighted by molar-refractivity contribution is -0.144. The second-order valence-corrected chi connectivity index (χ2v) is 6.00. The number of ether oxygens (including phenoxy) is 1. The zero-order valence-corrected chi connectivity index (χ0v) is 12.6. The van der Waals surface area contributed by atoms with Crippen LogP contribution in [0.25, 0.3) is 0 Å². The van der Waals surface area contributed by atoms with Gasteiger partial charge in [0, 0.05) is 5.54 Å². The van der Waals surface area contributed by atoms with Crippen molar-refractivity contribution in [1.82, 2.24) is 5.32 Å². The summed E-state index contributed by atoms with van der Waals surface area (Å²) >= 11 is 0. The first kappa shape index (κ1) is 16.4. The fraction of sp³-hybridized carbons (Fsp3) is 0.933. The molecule has 0 aromatic rings. The van der Waals surface area contributed by atoms with Gasteiger partial charge in [0.05, 0.1) is 13.7 Å². The Labute approximate surface area is 116 Å². The minimum Gasteiger partial charge on any atom is -0.468 e. The minimum absolute atomic E-state index is 0.0942. The third-order valence-electron chi connectivity index (χ3n) is 4.21. The molecule has 1 aliphatic carbocycles. The van der Waals surface area contributed by atoms with Crippen LogP contribution in [-0.4, -0.2) is 36.4 Å². The first-order valence-corrected chi connectivity index (χ1v) is 7.53. The van der Waals surface area contributed by atoms with Crippen LogP contribution >= 0.6 is 0 Å². The predicted octanol–water partition coefficient (Wildman–Crippen LogP) is 2.25. The molecule has 19 heavy (non-hydrogen) atoms. The number of hydrogen-bond donors (Lipinski definition) is 2. The fourth-order valence-electron chi connectivity index (χ4n) is 3.15. The molecule has 0 heterocycles. The summed E-state index contributed by atoms with van der Waals surface area (Å²) in [5.41, 5.74) is -0.301. The minimum atomic E-state index is -0.301. The molecule has 4 heteroatoms. The summed E-state index contributed by atoms with van der Waals surface area (Å²) in [4.78, 5) is 11.9. The molecule has 3 unspecified atom stereocenters. The highest BCUT2D eigenvalue weighted by atomic mass is 16.5. The second kappa shape index (κ2) is 7.85. The number of unbranched alkanes of at least 4 members (excludes halogenated alkanes) is 1. The van der Waals surface area contributed by atoms with Gasteiger partial charge in [0.2, 0.25) is 0 Å². The molecular formula is C15H29NO3. The van der Waals surface area contributed by atoms with Crippen LogP contribution in [0.4, 0.5) is 0 Å². The second-order valence-electron chi connectivity index (χ2n) is 6.00. The number of aliphatic hydroxyl groups excluding tert-OH is 1. The molecule has 3 atom stereocenters. The van der Waals surface area contributed by atoms with Gasteiger partial charge in [-0.1, -0.05) is 39.5 Å². The van der Waals surface area contributed by atoms with Gasteiger partial charge in [-0.3, -0.25) is 10.1 Å². The van der Waals surface area contributed by atoms with Crippen LogP contribution in [0.15, 0.2) is 0 Å². The molecular weight excluding hydrogens is 242 g/mol. The van der Waals surface area contributed by atoms with Crippen LogP contribution in [0.2, 0.25) is 0 Å². The van der Waals surface area contributed by atoms with Crippen molar-refractivity contribution in [3.63, 3.8) is 0 Å². The van der Waals surface area contributed by atoms with E-state index in [0.717, 1.165) is 38.5 Å². The first-order valence-electron chi connectivity index (χ1n) is 7.53. The quantitative estimate of drug-likeness (QED) is 0.697. The predicted molar refractivity (Wildman–Crippen MR) is 75.9 cm³/mol. The van der Waals surface area contributed by atoms with Crippen LogP contribution in [-0.2, 0) is 9.53 Å². The van der Waals surface area contributed by atoms with Crippen molar-refractivity contribution >= 4 is 5.97 Å². The molecule has 1 fully saturated rings. The number of aliphatic hydroxyl groups is 1. The summed E-state index contributed by atoms with van der Waals surface area (Å²) < 4.78 is 4.88. The van der Waals surface area contributed by atoms with E-state index in [1.165, 1.54) is 13.5 Å². The van der Waals surface area contributed by atoms with E-state index in [1.807, 2.05) is 0 Å². The molecule has 0 aliphatic heterocycles. The van der Waals surface area contributed by atoms with E-state index in [0.29, 0.717) is 5.92 Å². The van der Waals surface area contributed by atoms with Gasteiger partial charge in [-0.2, -0.15) is 0 Å². The van der Waals surface area contributed by atoms with E-state index in [9.17, 15) is 9.90 Å². The number of nitrogens with one attached hydrogen (secondary N) is 1. The van der Waals surface area contributed by atoms with Crippen molar-refractivity contribution in [2.75, 3.05) is 13.7 Å². The lowest BCUT2D eigenvalue weighted by Crippen LogP contribution is -2.57. The van der Waals surface area contributed by atoms with E-state index < -0.39 is 0 Å². The normalized spacial score (nSPS) is 28.9. The Morgan fingerprint density at radius 3 is 2.84 bits per heavy atom. The maximum atomic E-state index is 11.9. The van der Waals surface area contributed by atoms with Gasteiger partial charge in [0.1, 0.15) is 6.04 Å². The molecule has 0 aromatic carbocycles. The average molecular weight is 271 g/mol. The number of rotatable bonds is 7. The van der Waals surface area contributed by atoms with E-state index in [2.05, 4.69) is 19.2 Å². The van der Waals surface area contributed by atoms with Crippen LogP contribution < -0.4 is 5.32 Å². The molecule has 0 aromatic heterocycles. The molecule has 4 nitrogen and oxygen atoms in total. The van der Waals surface area contributed by atoms with Gasteiger partial charge >= 0.3 is 5.97 Å². The van der Waals surface area contributed by atoms with Crippen molar-refractivity contribution in [2.24, 2.45) is 5.92 Å². The highest BCUT2D eigenvalue weighted by Gasteiger charge is 2.37. The Morgan fingerprint density at radius 2 is 2.32 bits per heavy atom. The van der Waals surface area contributed by atoms with E-state index in [-0.39, 0.29) is 24.2 Å². The largest absolute Gasteiger partial charge is 0.468 e. The standard InChI is InChI=1S/C15H29NO3/c1-4-5-8-13(14(18)19-3)16-15(11-17)9-6-7-12(2)10-15/h12-13,16-17H,4-11H2,1-3H3. The monoisotopic (exact) mass is 271 g/mol. The van der Waals surface area contributed by atoms with E-state index in [4.69, 9.17) is 4.74 Å². The topological polar surface area (TPSA) is 58.6 Å². The summed E-state index contributed by atoms with van der Waals surface area (Å²) in [6.07, 6.45) is 7.01. The molecule has 1 rings (SSSR count). The van der Waals surface area contributed by atoms with Gasteiger partial charge in [0.15, 0.2) is 0 Å².